The number of carboxylic acids is 1. The number of carboxylic acid groups (broad SMARTS) is 1. The molecule has 134 valence electrons. The zero-order chi connectivity index (χ0) is 17.5. The molecule has 7 nitrogen and oxygen atoms in total. The summed E-state index contributed by atoms with van der Waals surface area (Å²) in [7, 11) is 1.58. The maximum atomic E-state index is 11.8. The Bertz CT molecular complexity index is 402. The predicted octanol–water partition coefficient (Wildman–Crippen LogP) is 2.05. The second-order valence-electron chi connectivity index (χ2n) is 6.95. The van der Waals surface area contributed by atoms with Gasteiger partial charge in [0.25, 0.3) is 0 Å². The highest BCUT2D eigenvalue weighted by Gasteiger charge is 2.51. The molecule has 23 heavy (non-hydrogen) atoms. The summed E-state index contributed by atoms with van der Waals surface area (Å²) in [4.78, 5) is 23.7. The molecule has 0 aliphatic heterocycles. The number of methoxy groups -OCH3 is 1. The number of ether oxygens (including phenoxy) is 3. The summed E-state index contributed by atoms with van der Waals surface area (Å²) in [6.45, 7) is 6.57. The summed E-state index contributed by atoms with van der Waals surface area (Å²) in [5.41, 5.74) is -1.61. The molecule has 1 atom stereocenters. The van der Waals surface area contributed by atoms with Crippen molar-refractivity contribution in [3.05, 3.63) is 0 Å². The first-order valence-electron chi connectivity index (χ1n) is 7.98. The van der Waals surface area contributed by atoms with E-state index in [0.717, 1.165) is 12.8 Å². The van der Waals surface area contributed by atoms with E-state index >= 15 is 0 Å². The third kappa shape index (κ3) is 6.74. The third-order valence-corrected chi connectivity index (χ3v) is 3.86. The van der Waals surface area contributed by atoms with Crippen molar-refractivity contribution in [1.29, 1.82) is 0 Å². The topological polar surface area (TPSA) is 94.1 Å². The minimum Gasteiger partial charge on any atom is -0.481 e. The highest BCUT2D eigenvalue weighted by molar-refractivity contribution is 5.77. The van der Waals surface area contributed by atoms with Crippen LogP contribution in [0.3, 0.4) is 0 Å². The van der Waals surface area contributed by atoms with Gasteiger partial charge < -0.3 is 24.6 Å². The van der Waals surface area contributed by atoms with Gasteiger partial charge in [-0.1, -0.05) is 0 Å². The van der Waals surface area contributed by atoms with Crippen molar-refractivity contribution in [2.24, 2.45) is 11.3 Å². The lowest BCUT2D eigenvalue weighted by atomic mass is 9.79. The zero-order valence-corrected chi connectivity index (χ0v) is 14.5. The number of rotatable bonds is 10. The van der Waals surface area contributed by atoms with E-state index in [0.29, 0.717) is 26.2 Å². The number of hydrogen-bond acceptors (Lipinski definition) is 5. The lowest BCUT2D eigenvalue weighted by Crippen LogP contribution is -2.46. The standard InChI is InChI=1S/C16H29NO6/c1-15(2,3)23-14(20)17-11-16(13(18)19,12-5-6-12)7-8-22-10-9-21-4/h12H,5-11H2,1-4H3,(H,17,20)(H,18,19). The minimum atomic E-state index is -0.996. The number of amides is 1. The molecule has 0 aromatic carbocycles. The molecule has 0 saturated heterocycles. The van der Waals surface area contributed by atoms with E-state index in [1.54, 1.807) is 27.9 Å². The molecule has 1 aliphatic rings. The molecule has 1 saturated carbocycles. The molecule has 7 heteroatoms. The van der Waals surface area contributed by atoms with Crippen LogP contribution in [0.1, 0.15) is 40.0 Å². The molecule has 0 bridgehead atoms. The Labute approximate surface area is 137 Å². The Hall–Kier alpha value is -1.34. The molecule has 0 aromatic rings. The lowest BCUT2D eigenvalue weighted by Gasteiger charge is -2.30. The van der Waals surface area contributed by atoms with Gasteiger partial charge in [0.2, 0.25) is 0 Å². The first-order valence-corrected chi connectivity index (χ1v) is 7.98. The quantitative estimate of drug-likeness (QED) is 0.595. The predicted molar refractivity (Wildman–Crippen MR) is 84.3 cm³/mol. The highest BCUT2D eigenvalue weighted by Crippen LogP contribution is 2.47. The number of carbonyl (C=O) groups excluding carboxylic acids is 1. The van der Waals surface area contributed by atoms with Gasteiger partial charge in [0.15, 0.2) is 0 Å². The molecule has 0 spiro atoms. The maximum absolute atomic E-state index is 11.8. The van der Waals surface area contributed by atoms with Crippen LogP contribution >= 0.6 is 0 Å². The van der Waals surface area contributed by atoms with Crippen molar-refractivity contribution >= 4 is 12.1 Å². The van der Waals surface area contributed by atoms with Crippen LogP contribution in [-0.4, -0.2) is 56.2 Å². The van der Waals surface area contributed by atoms with Crippen molar-refractivity contribution in [3.8, 4) is 0 Å². The smallest absolute Gasteiger partial charge is 0.407 e. The average Bonchev–Trinajstić information content (AvgIpc) is 3.24. The van der Waals surface area contributed by atoms with Crippen molar-refractivity contribution in [2.45, 2.75) is 45.6 Å². The molecule has 1 aliphatic carbocycles. The fourth-order valence-corrected chi connectivity index (χ4v) is 2.47. The van der Waals surface area contributed by atoms with Crippen LogP contribution in [0.25, 0.3) is 0 Å². The van der Waals surface area contributed by atoms with Gasteiger partial charge >= 0.3 is 12.1 Å². The van der Waals surface area contributed by atoms with Gasteiger partial charge in [-0.2, -0.15) is 0 Å². The fraction of sp³-hybridized carbons (Fsp3) is 0.875. The van der Waals surface area contributed by atoms with E-state index in [1.165, 1.54) is 0 Å². The molecule has 0 aromatic heterocycles. The van der Waals surface area contributed by atoms with E-state index < -0.39 is 23.1 Å². The monoisotopic (exact) mass is 331 g/mol. The summed E-state index contributed by atoms with van der Waals surface area (Å²) >= 11 is 0. The molecule has 1 amide bonds. The van der Waals surface area contributed by atoms with Crippen LogP contribution in [0.2, 0.25) is 0 Å². The van der Waals surface area contributed by atoms with Gasteiger partial charge in [-0.15, -0.1) is 0 Å². The van der Waals surface area contributed by atoms with E-state index in [9.17, 15) is 14.7 Å². The Kier molecular flexibility index (Phi) is 7.28. The van der Waals surface area contributed by atoms with E-state index in [1.807, 2.05) is 0 Å². The van der Waals surface area contributed by atoms with E-state index in [-0.39, 0.29) is 12.5 Å². The van der Waals surface area contributed by atoms with E-state index in [2.05, 4.69) is 5.32 Å². The van der Waals surface area contributed by atoms with Crippen LogP contribution < -0.4 is 5.32 Å². The van der Waals surface area contributed by atoms with Crippen LogP contribution in [0.4, 0.5) is 4.79 Å². The number of aliphatic carboxylic acids is 1. The Morgan fingerprint density at radius 1 is 1.17 bits per heavy atom. The SMILES string of the molecule is COCCOCCC(CNC(=O)OC(C)(C)C)(C(=O)O)C1CC1. The summed E-state index contributed by atoms with van der Waals surface area (Å²) in [5.74, 6) is -0.827. The van der Waals surface area contributed by atoms with Gasteiger partial charge in [0, 0.05) is 20.3 Å². The van der Waals surface area contributed by atoms with Crippen LogP contribution in [-0.2, 0) is 19.0 Å². The second-order valence-corrected chi connectivity index (χ2v) is 6.95. The largest absolute Gasteiger partial charge is 0.481 e. The van der Waals surface area contributed by atoms with Gasteiger partial charge in [-0.3, -0.25) is 4.79 Å². The van der Waals surface area contributed by atoms with Crippen LogP contribution in [0, 0.1) is 11.3 Å². The molecular weight excluding hydrogens is 302 g/mol. The van der Waals surface area contributed by atoms with Crippen molar-refractivity contribution in [1.82, 2.24) is 5.32 Å². The van der Waals surface area contributed by atoms with Gasteiger partial charge in [-0.25, -0.2) is 4.79 Å². The van der Waals surface area contributed by atoms with Crippen molar-refractivity contribution < 1.29 is 28.9 Å². The molecule has 1 rings (SSSR count). The fourth-order valence-electron chi connectivity index (χ4n) is 2.47. The van der Waals surface area contributed by atoms with Crippen molar-refractivity contribution in [2.75, 3.05) is 33.5 Å². The normalized spacial score (nSPS) is 17.4. The second kappa shape index (κ2) is 8.49. The van der Waals surface area contributed by atoms with Crippen molar-refractivity contribution in [3.63, 3.8) is 0 Å². The maximum Gasteiger partial charge on any atom is 0.407 e. The summed E-state index contributed by atoms with van der Waals surface area (Å²) in [6.07, 6.45) is 1.48. The zero-order valence-electron chi connectivity index (χ0n) is 14.5. The first-order chi connectivity index (χ1) is 10.7. The molecule has 2 N–H and O–H groups in total. The molecule has 0 heterocycles. The average molecular weight is 331 g/mol. The molecule has 0 radical (unpaired) electrons. The highest BCUT2D eigenvalue weighted by atomic mass is 16.6. The minimum absolute atomic E-state index is 0.0511. The Balaban J connectivity index is 2.58. The first kappa shape index (κ1) is 19.7. The third-order valence-electron chi connectivity index (χ3n) is 3.86. The van der Waals surface area contributed by atoms with E-state index in [4.69, 9.17) is 14.2 Å². The number of alkyl carbamates (subject to hydrolysis) is 1. The number of nitrogens with one attached hydrogen (secondary N) is 1. The molecule has 1 fully saturated rings. The summed E-state index contributed by atoms with van der Waals surface area (Å²) in [5, 5.41) is 12.3. The summed E-state index contributed by atoms with van der Waals surface area (Å²) in [6, 6.07) is 0. The van der Waals surface area contributed by atoms with Gasteiger partial charge in [0.05, 0.1) is 18.6 Å². The number of carbonyl (C=O) groups is 2. The molecule has 1 unspecified atom stereocenters. The van der Waals surface area contributed by atoms with Gasteiger partial charge in [0.1, 0.15) is 5.60 Å². The van der Waals surface area contributed by atoms with Crippen LogP contribution in [0.15, 0.2) is 0 Å². The van der Waals surface area contributed by atoms with Crippen LogP contribution in [0.5, 0.6) is 0 Å². The van der Waals surface area contributed by atoms with Gasteiger partial charge in [-0.05, 0) is 46.0 Å². The number of hydrogen-bond donors (Lipinski definition) is 2. The molecular formula is C16H29NO6. The Morgan fingerprint density at radius 2 is 1.83 bits per heavy atom. The Morgan fingerprint density at radius 3 is 2.30 bits per heavy atom. The lowest BCUT2D eigenvalue weighted by molar-refractivity contribution is -0.151. The summed E-state index contributed by atoms with van der Waals surface area (Å²) < 4.78 is 15.5.